The van der Waals surface area contributed by atoms with Crippen LogP contribution in [0.5, 0.6) is 0 Å². The van der Waals surface area contributed by atoms with Crippen LogP contribution in [0.3, 0.4) is 0 Å². The second-order valence-electron chi connectivity index (χ2n) is 5.75. The molecule has 1 aromatic heterocycles. The van der Waals surface area contributed by atoms with Crippen LogP contribution in [0.15, 0.2) is 42.5 Å². The quantitative estimate of drug-likeness (QED) is 0.438. The zero-order chi connectivity index (χ0) is 19.2. The van der Waals surface area contributed by atoms with Crippen LogP contribution in [0, 0.1) is 11.3 Å². The van der Waals surface area contributed by atoms with E-state index in [1.807, 2.05) is 48.7 Å². The van der Waals surface area contributed by atoms with Crippen LogP contribution in [0.25, 0.3) is 11.0 Å². The molecular weight excluding hydrogens is 361 g/mol. The third-order valence-corrected chi connectivity index (χ3v) is 5.70. The van der Waals surface area contributed by atoms with Crippen LogP contribution in [-0.4, -0.2) is 29.1 Å². The number of fused-ring (bicyclic) bond motifs is 1. The molecule has 7 heteroatoms. The van der Waals surface area contributed by atoms with Gasteiger partial charge >= 0.3 is 0 Å². The molecule has 138 valence electrons. The largest absolute Gasteiger partial charge is 0.331 e. The summed E-state index contributed by atoms with van der Waals surface area (Å²) in [6, 6.07) is 15.4. The van der Waals surface area contributed by atoms with Crippen LogP contribution in [0.1, 0.15) is 35.6 Å². The number of nitrogens with zero attached hydrogens (tertiary/aromatic N) is 3. The Kier molecular flexibility index (Phi) is 6.31. The highest BCUT2D eigenvalue weighted by atomic mass is 31.2. The lowest BCUT2D eigenvalue weighted by atomic mass is 10.2. The smallest absolute Gasteiger partial charge is 0.205 e. The SMILES string of the molecule is CCOP(OCC)c1ccc(Cn2c(C=O)nc3cc(C#N)ccc32)cc1. The molecule has 6 nitrogen and oxygen atoms in total. The Hall–Kier alpha value is -2.58. The summed E-state index contributed by atoms with van der Waals surface area (Å²) in [5.41, 5.74) is 3.03. The summed E-state index contributed by atoms with van der Waals surface area (Å²) in [4.78, 5) is 15.8. The first-order valence-corrected chi connectivity index (χ1v) is 9.88. The van der Waals surface area contributed by atoms with E-state index in [0.29, 0.717) is 36.7 Å². The minimum atomic E-state index is -1.07. The zero-order valence-corrected chi connectivity index (χ0v) is 16.1. The van der Waals surface area contributed by atoms with Crippen LogP contribution in [0.2, 0.25) is 0 Å². The van der Waals surface area contributed by atoms with E-state index in [9.17, 15) is 4.79 Å². The Morgan fingerprint density at radius 1 is 1.15 bits per heavy atom. The molecule has 0 saturated heterocycles. The normalized spacial score (nSPS) is 11.0. The van der Waals surface area contributed by atoms with E-state index < -0.39 is 8.38 Å². The van der Waals surface area contributed by atoms with Gasteiger partial charge in [0.05, 0.1) is 35.9 Å². The van der Waals surface area contributed by atoms with Crippen molar-refractivity contribution in [2.75, 3.05) is 13.2 Å². The van der Waals surface area contributed by atoms with Crippen molar-refractivity contribution in [2.45, 2.75) is 20.4 Å². The van der Waals surface area contributed by atoms with E-state index >= 15 is 0 Å². The summed E-state index contributed by atoms with van der Waals surface area (Å²) in [6.45, 7) is 5.61. The van der Waals surface area contributed by atoms with Gasteiger partial charge in [-0.25, -0.2) is 4.98 Å². The number of hydrogen-bond acceptors (Lipinski definition) is 5. The van der Waals surface area contributed by atoms with Gasteiger partial charge in [0.15, 0.2) is 12.1 Å². The van der Waals surface area contributed by atoms with Gasteiger partial charge < -0.3 is 13.6 Å². The van der Waals surface area contributed by atoms with Crippen molar-refractivity contribution in [1.82, 2.24) is 9.55 Å². The molecule has 0 fully saturated rings. The molecule has 27 heavy (non-hydrogen) atoms. The third kappa shape index (κ3) is 4.23. The Morgan fingerprint density at radius 3 is 2.44 bits per heavy atom. The minimum Gasteiger partial charge on any atom is -0.331 e. The highest BCUT2D eigenvalue weighted by molar-refractivity contribution is 7.56. The predicted octanol–water partition coefficient (Wildman–Crippen LogP) is 3.78. The van der Waals surface area contributed by atoms with Crippen molar-refractivity contribution in [3.8, 4) is 6.07 Å². The number of carbonyl (C=O) groups excluding carboxylic acids is 1. The van der Waals surface area contributed by atoms with Crippen molar-refractivity contribution in [1.29, 1.82) is 5.26 Å². The zero-order valence-electron chi connectivity index (χ0n) is 15.3. The fourth-order valence-electron chi connectivity index (χ4n) is 2.80. The molecule has 0 spiro atoms. The van der Waals surface area contributed by atoms with E-state index in [-0.39, 0.29) is 0 Å². The lowest BCUT2D eigenvalue weighted by molar-refractivity contribution is 0.111. The van der Waals surface area contributed by atoms with Crippen LogP contribution in [0.4, 0.5) is 0 Å². The Labute approximate surface area is 159 Å². The second kappa shape index (κ2) is 8.88. The highest BCUT2D eigenvalue weighted by Gasteiger charge is 2.14. The van der Waals surface area contributed by atoms with Crippen molar-refractivity contribution in [2.24, 2.45) is 0 Å². The number of imidazole rings is 1. The van der Waals surface area contributed by atoms with Gasteiger partial charge in [0.1, 0.15) is 0 Å². The van der Waals surface area contributed by atoms with E-state index in [4.69, 9.17) is 14.3 Å². The summed E-state index contributed by atoms with van der Waals surface area (Å²) < 4.78 is 13.2. The van der Waals surface area contributed by atoms with Gasteiger partial charge in [-0.1, -0.05) is 12.1 Å². The molecule has 0 bridgehead atoms. The Morgan fingerprint density at radius 2 is 1.85 bits per heavy atom. The molecule has 0 aliphatic heterocycles. The lowest BCUT2D eigenvalue weighted by Gasteiger charge is -2.16. The van der Waals surface area contributed by atoms with Crippen molar-refractivity contribution >= 4 is 31.0 Å². The third-order valence-electron chi connectivity index (χ3n) is 3.99. The fourth-order valence-corrected chi connectivity index (χ4v) is 4.03. The number of aldehydes is 1. The maximum Gasteiger partial charge on any atom is 0.205 e. The van der Waals surface area contributed by atoms with E-state index in [2.05, 4.69) is 11.1 Å². The average Bonchev–Trinajstić information content (AvgIpc) is 3.05. The van der Waals surface area contributed by atoms with Gasteiger partial charge in [-0.15, -0.1) is 0 Å². The molecule has 1 heterocycles. The van der Waals surface area contributed by atoms with Gasteiger partial charge in [-0.2, -0.15) is 5.26 Å². The van der Waals surface area contributed by atoms with Crippen molar-refractivity contribution in [3.05, 3.63) is 59.4 Å². The number of rotatable bonds is 8. The molecule has 0 N–H and O–H groups in total. The molecule has 0 aliphatic carbocycles. The molecule has 3 rings (SSSR count). The predicted molar refractivity (Wildman–Crippen MR) is 105 cm³/mol. The highest BCUT2D eigenvalue weighted by Crippen LogP contribution is 2.36. The molecule has 0 amide bonds. The van der Waals surface area contributed by atoms with Gasteiger partial charge in [-0.3, -0.25) is 4.79 Å². The van der Waals surface area contributed by atoms with Crippen LogP contribution < -0.4 is 5.30 Å². The summed E-state index contributed by atoms with van der Waals surface area (Å²) in [5.74, 6) is 0.343. The Balaban J connectivity index is 1.89. The molecule has 0 radical (unpaired) electrons. The maximum atomic E-state index is 11.5. The van der Waals surface area contributed by atoms with Gasteiger partial charge in [0.2, 0.25) is 8.38 Å². The fraction of sp³-hybridized carbons (Fsp3) is 0.250. The molecule has 3 aromatic rings. The van der Waals surface area contributed by atoms with Gasteiger partial charge in [0, 0.05) is 11.8 Å². The number of carbonyl (C=O) groups is 1. The van der Waals surface area contributed by atoms with Crippen molar-refractivity contribution < 1.29 is 13.8 Å². The molecule has 2 aromatic carbocycles. The summed E-state index contributed by atoms with van der Waals surface area (Å²) >= 11 is 0. The van der Waals surface area contributed by atoms with Gasteiger partial charge in [0.25, 0.3) is 0 Å². The van der Waals surface area contributed by atoms with Gasteiger partial charge in [-0.05, 0) is 49.7 Å². The number of hydrogen-bond donors (Lipinski definition) is 0. The number of nitriles is 1. The molecule has 0 aliphatic rings. The summed E-state index contributed by atoms with van der Waals surface area (Å²) in [7, 11) is -1.07. The molecular formula is C20H20N3O3P. The van der Waals surface area contributed by atoms with E-state index in [1.54, 1.807) is 12.1 Å². The molecule has 0 saturated carbocycles. The average molecular weight is 381 g/mol. The van der Waals surface area contributed by atoms with Crippen LogP contribution in [-0.2, 0) is 15.6 Å². The first-order valence-electron chi connectivity index (χ1n) is 8.70. The second-order valence-corrected chi connectivity index (χ2v) is 7.30. The monoisotopic (exact) mass is 381 g/mol. The number of benzene rings is 2. The summed E-state index contributed by atoms with van der Waals surface area (Å²) in [6.07, 6.45) is 0.740. The minimum absolute atomic E-state index is 0.343. The number of aromatic nitrogens is 2. The van der Waals surface area contributed by atoms with Crippen LogP contribution >= 0.6 is 8.38 Å². The summed E-state index contributed by atoms with van der Waals surface area (Å²) in [5, 5.41) is 10.1. The van der Waals surface area contributed by atoms with E-state index in [0.717, 1.165) is 22.7 Å². The molecule has 0 atom stereocenters. The lowest BCUT2D eigenvalue weighted by Crippen LogP contribution is -2.08. The van der Waals surface area contributed by atoms with Crippen molar-refractivity contribution in [3.63, 3.8) is 0 Å². The topological polar surface area (TPSA) is 77.1 Å². The van der Waals surface area contributed by atoms with E-state index in [1.165, 1.54) is 0 Å². The Bertz CT molecular complexity index is 971. The standard InChI is InChI=1S/C20H20N3O3P/c1-3-25-27(26-4-2)17-8-5-15(6-9-17)13-23-19-10-7-16(12-21)11-18(19)22-20(23)14-24/h5-11,14H,3-4,13H2,1-2H3. The maximum absolute atomic E-state index is 11.5. The first-order chi connectivity index (χ1) is 13.2. The molecule has 0 unspecified atom stereocenters. The first kappa shape index (κ1) is 19.2.